The number of Topliss-reactive ketones (excluding diaryl/α,β-unsaturated/α-hetero) is 1. The zero-order valence-corrected chi connectivity index (χ0v) is 10.6. The number of hydrogen-bond acceptors (Lipinski definition) is 2. The molecule has 80 valence electrons. The van der Waals surface area contributed by atoms with E-state index in [4.69, 9.17) is 4.74 Å². The second-order valence-electron chi connectivity index (χ2n) is 5.62. The van der Waals surface area contributed by atoms with E-state index in [1.165, 1.54) is 0 Å². The van der Waals surface area contributed by atoms with Gasteiger partial charge in [-0.25, -0.2) is 0 Å². The van der Waals surface area contributed by atoms with Gasteiger partial charge in [-0.15, -0.1) is 0 Å². The Morgan fingerprint density at radius 3 is 2.43 bits per heavy atom. The van der Waals surface area contributed by atoms with Crippen molar-refractivity contribution in [3.8, 4) is 0 Å². The summed E-state index contributed by atoms with van der Waals surface area (Å²) < 4.78 is 5.96. The zero-order chi connectivity index (χ0) is 10.6. The van der Waals surface area contributed by atoms with Crippen molar-refractivity contribution in [3.05, 3.63) is 0 Å². The van der Waals surface area contributed by atoms with Crippen molar-refractivity contribution in [2.75, 3.05) is 5.33 Å². The zero-order valence-electron chi connectivity index (χ0n) is 8.97. The molecule has 14 heavy (non-hydrogen) atoms. The summed E-state index contributed by atoms with van der Waals surface area (Å²) >= 11 is 3.23. The van der Waals surface area contributed by atoms with Gasteiger partial charge in [0.2, 0.25) is 0 Å². The highest BCUT2D eigenvalue weighted by molar-refractivity contribution is 9.09. The van der Waals surface area contributed by atoms with Crippen molar-refractivity contribution in [3.63, 3.8) is 0 Å². The third-order valence-electron chi connectivity index (χ3n) is 3.45. The van der Waals surface area contributed by atoms with Crippen LogP contribution in [0.15, 0.2) is 0 Å². The molecule has 3 heteroatoms. The van der Waals surface area contributed by atoms with Crippen LogP contribution < -0.4 is 0 Å². The van der Waals surface area contributed by atoms with Crippen LogP contribution in [-0.4, -0.2) is 22.8 Å². The molecular formula is C11H17BrO2. The predicted octanol–water partition coefficient (Wildman–Crippen LogP) is 2.54. The fourth-order valence-corrected chi connectivity index (χ4v) is 3.25. The SMILES string of the molecule is CC(C)(C)C1OC2(C(=O)CBr)CC1C2. The molecule has 3 rings (SSSR count). The Kier molecular flexibility index (Phi) is 2.31. The van der Waals surface area contributed by atoms with Crippen LogP contribution in [0.4, 0.5) is 0 Å². The van der Waals surface area contributed by atoms with E-state index in [2.05, 4.69) is 36.7 Å². The molecule has 2 nitrogen and oxygen atoms in total. The first-order chi connectivity index (χ1) is 6.39. The maximum Gasteiger partial charge on any atom is 0.175 e. The lowest BCUT2D eigenvalue weighted by Gasteiger charge is -2.34. The van der Waals surface area contributed by atoms with Crippen LogP contribution in [0.2, 0.25) is 0 Å². The Morgan fingerprint density at radius 2 is 2.07 bits per heavy atom. The summed E-state index contributed by atoms with van der Waals surface area (Å²) in [4.78, 5) is 11.7. The van der Waals surface area contributed by atoms with Crippen LogP contribution in [0.25, 0.3) is 0 Å². The van der Waals surface area contributed by atoms with Gasteiger partial charge < -0.3 is 4.74 Å². The minimum atomic E-state index is -0.411. The molecule has 1 saturated carbocycles. The van der Waals surface area contributed by atoms with Gasteiger partial charge in [0.05, 0.1) is 11.4 Å². The summed E-state index contributed by atoms with van der Waals surface area (Å²) in [6.45, 7) is 6.56. The Morgan fingerprint density at radius 1 is 1.50 bits per heavy atom. The van der Waals surface area contributed by atoms with Gasteiger partial charge in [-0.2, -0.15) is 0 Å². The lowest BCUT2D eigenvalue weighted by atomic mass is 9.67. The smallest absolute Gasteiger partial charge is 0.175 e. The van der Waals surface area contributed by atoms with Gasteiger partial charge in [0.15, 0.2) is 5.78 Å². The molecule has 0 spiro atoms. The lowest BCUT2D eigenvalue weighted by Crippen LogP contribution is -2.45. The summed E-state index contributed by atoms with van der Waals surface area (Å²) in [5.74, 6) is 0.832. The van der Waals surface area contributed by atoms with Crippen molar-refractivity contribution in [2.45, 2.75) is 45.3 Å². The van der Waals surface area contributed by atoms with Gasteiger partial charge in [0.1, 0.15) is 5.60 Å². The molecular weight excluding hydrogens is 244 g/mol. The van der Waals surface area contributed by atoms with Gasteiger partial charge >= 0.3 is 0 Å². The standard InChI is InChI=1S/C11H17BrO2/c1-10(2,3)9-7-4-11(5-7,14-9)8(13)6-12/h7,9H,4-6H2,1-3H3. The highest BCUT2D eigenvalue weighted by Crippen LogP contribution is 2.57. The number of halogens is 1. The molecule has 3 aliphatic rings. The first-order valence-electron chi connectivity index (χ1n) is 5.16. The number of rotatable bonds is 2. The van der Waals surface area contributed by atoms with Gasteiger partial charge in [-0.05, 0) is 24.2 Å². The van der Waals surface area contributed by atoms with E-state index in [0.717, 1.165) is 12.8 Å². The van der Waals surface area contributed by atoms with Gasteiger partial charge in [-0.1, -0.05) is 36.7 Å². The predicted molar refractivity (Wildman–Crippen MR) is 58.6 cm³/mol. The normalized spacial score (nSPS) is 40.9. The molecule has 2 heterocycles. The topological polar surface area (TPSA) is 26.3 Å². The summed E-state index contributed by atoms with van der Waals surface area (Å²) in [5, 5.41) is 0.427. The molecule has 0 aromatic rings. The first kappa shape index (κ1) is 10.6. The Bertz CT molecular complexity index is 261. The summed E-state index contributed by atoms with van der Waals surface area (Å²) in [6, 6.07) is 0. The highest BCUT2D eigenvalue weighted by Gasteiger charge is 2.63. The van der Waals surface area contributed by atoms with Gasteiger partial charge in [0.25, 0.3) is 0 Å². The Balaban J connectivity index is 2.11. The molecule has 2 aliphatic heterocycles. The molecule has 0 aromatic carbocycles. The van der Waals surface area contributed by atoms with E-state index in [0.29, 0.717) is 11.2 Å². The van der Waals surface area contributed by atoms with Crippen molar-refractivity contribution >= 4 is 21.7 Å². The van der Waals surface area contributed by atoms with Crippen LogP contribution in [0.5, 0.6) is 0 Å². The molecule has 0 radical (unpaired) electrons. The second-order valence-corrected chi connectivity index (χ2v) is 6.18. The van der Waals surface area contributed by atoms with Crippen LogP contribution in [0.3, 0.4) is 0 Å². The van der Waals surface area contributed by atoms with Crippen molar-refractivity contribution in [1.82, 2.24) is 0 Å². The first-order valence-corrected chi connectivity index (χ1v) is 6.28. The van der Waals surface area contributed by atoms with Crippen LogP contribution >= 0.6 is 15.9 Å². The number of fused-ring (bicyclic) bond motifs is 1. The van der Waals surface area contributed by atoms with E-state index in [9.17, 15) is 4.79 Å². The minimum Gasteiger partial charge on any atom is -0.363 e. The molecule has 1 unspecified atom stereocenters. The molecule has 3 fully saturated rings. The van der Waals surface area contributed by atoms with Gasteiger partial charge in [0, 0.05) is 0 Å². The number of ketones is 1. The number of carbonyl (C=O) groups is 1. The number of carbonyl (C=O) groups excluding carboxylic acids is 1. The summed E-state index contributed by atoms with van der Waals surface area (Å²) in [5.41, 5.74) is -0.248. The third-order valence-corrected chi connectivity index (χ3v) is 3.96. The van der Waals surface area contributed by atoms with E-state index < -0.39 is 5.60 Å². The number of alkyl halides is 1. The maximum absolute atomic E-state index is 11.7. The Hall–Kier alpha value is 0.110. The minimum absolute atomic E-state index is 0.162. The number of ether oxygens (including phenoxy) is 1. The molecule has 1 atom stereocenters. The summed E-state index contributed by atoms with van der Waals surface area (Å²) in [6.07, 6.45) is 2.16. The molecule has 0 amide bonds. The molecule has 1 aliphatic carbocycles. The molecule has 0 aromatic heterocycles. The molecule has 2 bridgehead atoms. The number of hydrogen-bond donors (Lipinski definition) is 0. The summed E-state index contributed by atoms with van der Waals surface area (Å²) in [7, 11) is 0. The van der Waals surface area contributed by atoms with E-state index in [-0.39, 0.29) is 17.3 Å². The highest BCUT2D eigenvalue weighted by atomic mass is 79.9. The van der Waals surface area contributed by atoms with Crippen LogP contribution in [0, 0.1) is 11.3 Å². The van der Waals surface area contributed by atoms with Crippen LogP contribution in [-0.2, 0) is 9.53 Å². The van der Waals surface area contributed by atoms with E-state index >= 15 is 0 Å². The molecule has 0 N–H and O–H groups in total. The van der Waals surface area contributed by atoms with Crippen molar-refractivity contribution in [1.29, 1.82) is 0 Å². The fourth-order valence-electron chi connectivity index (χ4n) is 2.74. The quantitative estimate of drug-likeness (QED) is 0.714. The maximum atomic E-state index is 11.7. The Labute approximate surface area is 93.5 Å². The average molecular weight is 261 g/mol. The average Bonchev–Trinajstić information content (AvgIpc) is 2.54. The van der Waals surface area contributed by atoms with Gasteiger partial charge in [-0.3, -0.25) is 4.79 Å². The second kappa shape index (κ2) is 3.05. The monoisotopic (exact) mass is 260 g/mol. The van der Waals surface area contributed by atoms with E-state index in [1.807, 2.05) is 0 Å². The molecule has 2 saturated heterocycles. The fraction of sp³-hybridized carbons (Fsp3) is 0.909. The van der Waals surface area contributed by atoms with E-state index in [1.54, 1.807) is 0 Å². The van der Waals surface area contributed by atoms with Crippen molar-refractivity contribution in [2.24, 2.45) is 11.3 Å². The largest absolute Gasteiger partial charge is 0.363 e. The van der Waals surface area contributed by atoms with Crippen molar-refractivity contribution < 1.29 is 9.53 Å². The lowest BCUT2D eigenvalue weighted by molar-refractivity contribution is -0.142. The third kappa shape index (κ3) is 1.36. The van der Waals surface area contributed by atoms with Crippen LogP contribution in [0.1, 0.15) is 33.6 Å².